The maximum Gasteiger partial charge on any atom is 0.151 e. The third kappa shape index (κ3) is 1.87. The Morgan fingerprint density at radius 3 is 2.87 bits per heavy atom. The molecule has 0 saturated carbocycles. The van der Waals surface area contributed by atoms with Crippen molar-refractivity contribution in [2.45, 2.75) is 0 Å². The van der Waals surface area contributed by atoms with E-state index in [4.69, 9.17) is 11.8 Å². The Balaban J connectivity index is 2.59. The number of pyridine rings is 1. The summed E-state index contributed by atoms with van der Waals surface area (Å²) < 4.78 is 13.4. The Labute approximate surface area is 90.3 Å². The van der Waals surface area contributed by atoms with Crippen LogP contribution in [-0.4, -0.2) is 15.0 Å². The smallest absolute Gasteiger partial charge is 0.151 e. The second-order valence-electron chi connectivity index (χ2n) is 2.71. The molecule has 2 heterocycles. The van der Waals surface area contributed by atoms with Crippen LogP contribution >= 0.6 is 11.8 Å². The Morgan fingerprint density at radius 2 is 2.13 bits per heavy atom. The van der Waals surface area contributed by atoms with E-state index >= 15 is 0 Å². The predicted octanol–water partition coefficient (Wildman–Crippen LogP) is 2.24. The molecule has 4 nitrogen and oxygen atoms in total. The average Bonchev–Trinajstić information content (AvgIpc) is 2.30. The first kappa shape index (κ1) is 9.79. The fourth-order valence-electron chi connectivity index (χ4n) is 1.15. The molecule has 76 valence electrons. The molecule has 1 N–H and O–H groups in total. The minimum absolute atomic E-state index is 0.142. The van der Waals surface area contributed by atoms with Gasteiger partial charge in [0.2, 0.25) is 0 Å². The van der Waals surface area contributed by atoms with Crippen molar-refractivity contribution < 1.29 is 4.39 Å². The maximum absolute atomic E-state index is 13.4. The molecule has 0 aliphatic carbocycles. The molecule has 0 fully saturated rings. The summed E-state index contributed by atoms with van der Waals surface area (Å²) in [6.45, 7) is 0. The molecule has 0 spiro atoms. The van der Waals surface area contributed by atoms with E-state index in [2.05, 4.69) is 19.8 Å². The lowest BCUT2D eigenvalue weighted by molar-refractivity contribution is 0.625. The quantitative estimate of drug-likeness (QED) is 0.795. The van der Waals surface area contributed by atoms with Crippen LogP contribution in [0.25, 0.3) is 11.4 Å². The minimum atomic E-state index is -0.454. The molecule has 0 amide bonds. The van der Waals surface area contributed by atoms with Gasteiger partial charge < -0.3 is 0 Å². The molecule has 2 rings (SSSR count). The summed E-state index contributed by atoms with van der Waals surface area (Å²) in [5.41, 5.74) is 0.887. The van der Waals surface area contributed by atoms with E-state index in [9.17, 15) is 4.39 Å². The second-order valence-corrected chi connectivity index (χ2v) is 2.90. The zero-order valence-corrected chi connectivity index (χ0v) is 8.24. The standard InChI is InChI=1S/C9H6ClFN4/c10-15-7-4-12-5-14-9(7)8-6(11)2-1-3-13-8/h1-5,15H. The van der Waals surface area contributed by atoms with Crippen molar-refractivity contribution in [3.8, 4) is 11.4 Å². The van der Waals surface area contributed by atoms with Gasteiger partial charge in [-0.3, -0.25) is 9.82 Å². The van der Waals surface area contributed by atoms with Crippen LogP contribution in [0.4, 0.5) is 10.1 Å². The zero-order valence-electron chi connectivity index (χ0n) is 7.48. The normalized spacial score (nSPS) is 10.0. The molecular formula is C9H6ClFN4. The topological polar surface area (TPSA) is 50.7 Å². The monoisotopic (exact) mass is 224 g/mol. The van der Waals surface area contributed by atoms with Gasteiger partial charge in [0.15, 0.2) is 5.82 Å². The van der Waals surface area contributed by atoms with Crippen molar-refractivity contribution in [3.63, 3.8) is 0 Å². The highest BCUT2D eigenvalue weighted by molar-refractivity contribution is 6.24. The molecule has 0 saturated heterocycles. The number of aromatic nitrogens is 3. The first-order valence-corrected chi connectivity index (χ1v) is 4.48. The Hall–Kier alpha value is -1.75. The molecule has 0 atom stereocenters. The van der Waals surface area contributed by atoms with Gasteiger partial charge in [0.25, 0.3) is 0 Å². The molecule has 2 aromatic heterocycles. The van der Waals surface area contributed by atoms with E-state index < -0.39 is 5.82 Å². The van der Waals surface area contributed by atoms with Crippen molar-refractivity contribution >= 4 is 17.5 Å². The van der Waals surface area contributed by atoms with Crippen molar-refractivity contribution in [1.29, 1.82) is 0 Å². The Morgan fingerprint density at radius 1 is 1.27 bits per heavy atom. The summed E-state index contributed by atoms with van der Waals surface area (Å²) in [5, 5.41) is 0. The van der Waals surface area contributed by atoms with Gasteiger partial charge in [-0.05, 0) is 12.1 Å². The number of hydrogen-bond donors (Lipinski definition) is 1. The minimum Gasteiger partial charge on any atom is -0.295 e. The number of nitrogens with one attached hydrogen (secondary N) is 1. The molecule has 0 unspecified atom stereocenters. The lowest BCUT2D eigenvalue weighted by Gasteiger charge is -2.05. The van der Waals surface area contributed by atoms with E-state index in [1.807, 2.05) is 0 Å². The van der Waals surface area contributed by atoms with Gasteiger partial charge in [-0.25, -0.2) is 14.4 Å². The van der Waals surface area contributed by atoms with Gasteiger partial charge in [-0.1, -0.05) is 0 Å². The molecule has 0 aromatic carbocycles. The van der Waals surface area contributed by atoms with E-state index in [0.29, 0.717) is 11.4 Å². The zero-order chi connectivity index (χ0) is 10.7. The average molecular weight is 225 g/mol. The van der Waals surface area contributed by atoms with Crippen LogP contribution in [0.2, 0.25) is 0 Å². The van der Waals surface area contributed by atoms with E-state index in [0.717, 1.165) is 0 Å². The molecule has 0 aliphatic rings. The van der Waals surface area contributed by atoms with Crippen LogP contribution in [0.1, 0.15) is 0 Å². The summed E-state index contributed by atoms with van der Waals surface area (Å²) in [7, 11) is 0. The third-order valence-electron chi connectivity index (χ3n) is 1.80. The van der Waals surface area contributed by atoms with Gasteiger partial charge in [0.1, 0.15) is 17.7 Å². The van der Waals surface area contributed by atoms with Gasteiger partial charge >= 0.3 is 0 Å². The SMILES string of the molecule is Fc1cccnc1-c1ncncc1NCl. The fraction of sp³-hybridized carbons (Fsp3) is 0. The van der Waals surface area contributed by atoms with Gasteiger partial charge in [0, 0.05) is 18.0 Å². The van der Waals surface area contributed by atoms with Crippen molar-refractivity contribution in [2.24, 2.45) is 0 Å². The van der Waals surface area contributed by atoms with Crippen molar-refractivity contribution in [3.05, 3.63) is 36.7 Å². The van der Waals surface area contributed by atoms with Crippen LogP contribution in [0.3, 0.4) is 0 Å². The van der Waals surface area contributed by atoms with Crippen molar-refractivity contribution in [2.75, 3.05) is 4.84 Å². The summed E-state index contributed by atoms with van der Waals surface area (Å²) in [4.78, 5) is 13.9. The summed E-state index contributed by atoms with van der Waals surface area (Å²) >= 11 is 5.45. The van der Waals surface area contributed by atoms with E-state index in [1.165, 1.54) is 30.9 Å². The van der Waals surface area contributed by atoms with E-state index in [1.54, 1.807) is 0 Å². The molecule has 0 radical (unpaired) electrons. The first-order valence-electron chi connectivity index (χ1n) is 4.10. The molecule has 0 aliphatic heterocycles. The molecular weight excluding hydrogens is 219 g/mol. The van der Waals surface area contributed by atoms with Crippen LogP contribution in [-0.2, 0) is 0 Å². The third-order valence-corrected chi connectivity index (χ3v) is 2.00. The Kier molecular flexibility index (Phi) is 2.73. The highest BCUT2D eigenvalue weighted by Crippen LogP contribution is 2.24. The maximum atomic E-state index is 13.4. The van der Waals surface area contributed by atoms with Crippen LogP contribution in [0, 0.1) is 5.82 Å². The molecule has 6 heteroatoms. The lowest BCUT2D eigenvalue weighted by Crippen LogP contribution is -1.96. The number of hydrogen-bond acceptors (Lipinski definition) is 4. The number of halogens is 2. The summed E-state index contributed by atoms with van der Waals surface area (Å²) in [6, 6.07) is 2.82. The summed E-state index contributed by atoms with van der Waals surface area (Å²) in [6.07, 6.45) is 4.24. The molecule has 2 aromatic rings. The molecule has 0 bridgehead atoms. The predicted molar refractivity (Wildman–Crippen MR) is 54.7 cm³/mol. The summed E-state index contributed by atoms with van der Waals surface area (Å²) in [5.74, 6) is -0.454. The first-order chi connectivity index (χ1) is 7.33. The Bertz CT molecular complexity index is 477. The highest BCUT2D eigenvalue weighted by Gasteiger charge is 2.11. The van der Waals surface area contributed by atoms with Gasteiger partial charge in [-0.2, -0.15) is 0 Å². The second kappa shape index (κ2) is 4.18. The van der Waals surface area contributed by atoms with Crippen LogP contribution in [0.15, 0.2) is 30.9 Å². The lowest BCUT2D eigenvalue weighted by atomic mass is 10.2. The fourth-order valence-corrected chi connectivity index (χ4v) is 1.29. The van der Waals surface area contributed by atoms with Gasteiger partial charge in [0.05, 0.1) is 11.9 Å². The van der Waals surface area contributed by atoms with E-state index in [-0.39, 0.29) is 5.69 Å². The van der Waals surface area contributed by atoms with Gasteiger partial charge in [-0.15, -0.1) is 0 Å². The number of anilines is 1. The number of rotatable bonds is 2. The van der Waals surface area contributed by atoms with Crippen LogP contribution < -0.4 is 4.84 Å². The number of nitrogens with zero attached hydrogens (tertiary/aromatic N) is 3. The van der Waals surface area contributed by atoms with Crippen molar-refractivity contribution in [1.82, 2.24) is 15.0 Å². The highest BCUT2D eigenvalue weighted by atomic mass is 35.5. The van der Waals surface area contributed by atoms with Crippen LogP contribution in [0.5, 0.6) is 0 Å². The largest absolute Gasteiger partial charge is 0.295 e. The molecule has 15 heavy (non-hydrogen) atoms.